The molecule has 0 aromatic carbocycles. The zero-order valence-electron chi connectivity index (χ0n) is 10.4. The number of aromatic nitrogens is 2. The molecule has 90 valence electrons. The summed E-state index contributed by atoms with van der Waals surface area (Å²) in [4.78, 5) is 9.69. The van der Waals surface area contributed by atoms with Crippen LogP contribution in [0.4, 0.5) is 0 Å². The Morgan fingerprint density at radius 3 is 2.94 bits per heavy atom. The van der Waals surface area contributed by atoms with Crippen LogP contribution < -0.4 is 5.32 Å². The molecule has 4 heteroatoms. The molecule has 4 nitrogen and oxygen atoms in total. The van der Waals surface area contributed by atoms with Crippen molar-refractivity contribution in [2.45, 2.75) is 32.4 Å². The van der Waals surface area contributed by atoms with Gasteiger partial charge in [-0.25, -0.2) is 4.98 Å². The molecule has 1 aromatic heterocycles. The van der Waals surface area contributed by atoms with Crippen LogP contribution in [0.25, 0.3) is 0 Å². The van der Waals surface area contributed by atoms with Gasteiger partial charge in [-0.05, 0) is 13.0 Å². The number of rotatable bonds is 3. The van der Waals surface area contributed by atoms with Gasteiger partial charge in [-0.3, -0.25) is 0 Å². The van der Waals surface area contributed by atoms with Crippen molar-refractivity contribution in [3.05, 3.63) is 18.2 Å². The van der Waals surface area contributed by atoms with Crippen molar-refractivity contribution in [3.63, 3.8) is 0 Å². The van der Waals surface area contributed by atoms with Gasteiger partial charge in [0.2, 0.25) is 0 Å². The second kappa shape index (κ2) is 4.97. The van der Waals surface area contributed by atoms with E-state index in [1.165, 1.54) is 5.69 Å². The molecule has 0 radical (unpaired) electrons. The number of aromatic amines is 1. The molecule has 2 N–H and O–H groups in total. The molecule has 1 aromatic rings. The average Bonchev–Trinajstić information content (AvgIpc) is 2.70. The lowest BCUT2D eigenvalue weighted by atomic mass is 9.98. The summed E-state index contributed by atoms with van der Waals surface area (Å²) in [5.74, 6) is 0.714. The molecule has 1 aliphatic rings. The van der Waals surface area contributed by atoms with E-state index in [-0.39, 0.29) is 0 Å². The van der Waals surface area contributed by atoms with Crippen LogP contribution in [-0.2, 0) is 6.42 Å². The Bertz CT molecular complexity index is 307. The van der Waals surface area contributed by atoms with Gasteiger partial charge in [-0.1, -0.05) is 13.8 Å². The van der Waals surface area contributed by atoms with E-state index in [1.807, 2.05) is 6.20 Å². The van der Waals surface area contributed by atoms with Crippen LogP contribution in [0.2, 0.25) is 0 Å². The Balaban J connectivity index is 1.87. The molecule has 0 aliphatic carbocycles. The van der Waals surface area contributed by atoms with Crippen LogP contribution in [0.5, 0.6) is 0 Å². The summed E-state index contributed by atoms with van der Waals surface area (Å²) < 4.78 is 0. The van der Waals surface area contributed by atoms with Gasteiger partial charge >= 0.3 is 0 Å². The summed E-state index contributed by atoms with van der Waals surface area (Å²) >= 11 is 0. The predicted octanol–water partition coefficient (Wildman–Crippen LogP) is 0.880. The standard InChI is InChI=1S/C12H22N4/c1-9(2)12-6-14-11(7-16(12)3)4-10-5-13-8-15-10/h5,8-9,11-12,14H,4,6-7H2,1-3H3,(H,13,15)/t11-,12+/m0/s1. The molecular formula is C12H22N4. The van der Waals surface area contributed by atoms with Gasteiger partial charge in [0, 0.05) is 43.5 Å². The topological polar surface area (TPSA) is 44.0 Å². The van der Waals surface area contributed by atoms with Gasteiger partial charge in [0.25, 0.3) is 0 Å². The third-order valence-corrected chi connectivity index (χ3v) is 3.48. The normalized spacial score (nSPS) is 27.5. The Morgan fingerprint density at radius 1 is 1.56 bits per heavy atom. The van der Waals surface area contributed by atoms with Crippen LogP contribution in [0, 0.1) is 5.92 Å². The zero-order chi connectivity index (χ0) is 11.5. The van der Waals surface area contributed by atoms with E-state index in [0.29, 0.717) is 18.0 Å². The third-order valence-electron chi connectivity index (χ3n) is 3.48. The molecule has 1 fully saturated rings. The monoisotopic (exact) mass is 222 g/mol. The molecule has 1 aliphatic heterocycles. The van der Waals surface area contributed by atoms with Crippen LogP contribution in [0.3, 0.4) is 0 Å². The molecule has 1 saturated heterocycles. The first-order valence-electron chi connectivity index (χ1n) is 6.07. The van der Waals surface area contributed by atoms with Crippen molar-refractivity contribution in [3.8, 4) is 0 Å². The summed E-state index contributed by atoms with van der Waals surface area (Å²) in [6, 6.07) is 1.21. The smallest absolute Gasteiger partial charge is 0.0921 e. The fourth-order valence-electron chi connectivity index (χ4n) is 2.53. The van der Waals surface area contributed by atoms with Crippen molar-refractivity contribution in [1.82, 2.24) is 20.2 Å². The van der Waals surface area contributed by atoms with E-state index in [9.17, 15) is 0 Å². The summed E-state index contributed by atoms with van der Waals surface area (Å²) in [6.07, 6.45) is 4.70. The van der Waals surface area contributed by atoms with Crippen LogP contribution in [0.15, 0.2) is 12.5 Å². The second-order valence-corrected chi connectivity index (χ2v) is 5.14. The van der Waals surface area contributed by atoms with Gasteiger partial charge < -0.3 is 15.2 Å². The van der Waals surface area contributed by atoms with Crippen LogP contribution in [0.1, 0.15) is 19.5 Å². The van der Waals surface area contributed by atoms with Crippen molar-refractivity contribution in [1.29, 1.82) is 0 Å². The summed E-state index contributed by atoms with van der Waals surface area (Å²) in [7, 11) is 2.23. The lowest BCUT2D eigenvalue weighted by Crippen LogP contribution is -2.57. The molecule has 0 amide bonds. The Labute approximate surface area is 97.4 Å². The number of H-pyrrole nitrogens is 1. The van der Waals surface area contributed by atoms with E-state index in [4.69, 9.17) is 0 Å². The van der Waals surface area contributed by atoms with Crippen molar-refractivity contribution in [2.24, 2.45) is 5.92 Å². The maximum absolute atomic E-state index is 4.05. The highest BCUT2D eigenvalue weighted by Crippen LogP contribution is 2.14. The fraction of sp³-hybridized carbons (Fsp3) is 0.750. The van der Waals surface area contributed by atoms with Crippen LogP contribution in [-0.4, -0.2) is 47.1 Å². The van der Waals surface area contributed by atoms with Gasteiger partial charge in [0.1, 0.15) is 0 Å². The third kappa shape index (κ3) is 2.62. The van der Waals surface area contributed by atoms with E-state index in [0.717, 1.165) is 19.5 Å². The predicted molar refractivity (Wildman–Crippen MR) is 65.3 cm³/mol. The highest BCUT2D eigenvalue weighted by molar-refractivity contribution is 5.00. The van der Waals surface area contributed by atoms with Crippen molar-refractivity contribution >= 4 is 0 Å². The molecule has 0 spiro atoms. The quantitative estimate of drug-likeness (QED) is 0.798. The molecule has 0 saturated carbocycles. The van der Waals surface area contributed by atoms with E-state index >= 15 is 0 Å². The van der Waals surface area contributed by atoms with E-state index < -0.39 is 0 Å². The minimum atomic E-state index is 0.542. The number of imidazole rings is 1. The second-order valence-electron chi connectivity index (χ2n) is 5.14. The fourth-order valence-corrected chi connectivity index (χ4v) is 2.53. The van der Waals surface area contributed by atoms with E-state index in [1.54, 1.807) is 6.33 Å². The first kappa shape index (κ1) is 11.6. The lowest BCUT2D eigenvalue weighted by Gasteiger charge is -2.40. The Hall–Kier alpha value is -0.870. The number of nitrogens with one attached hydrogen (secondary N) is 2. The summed E-state index contributed by atoms with van der Waals surface area (Å²) in [6.45, 7) is 6.78. The highest BCUT2D eigenvalue weighted by atomic mass is 15.2. The molecule has 2 rings (SSSR count). The minimum Gasteiger partial charge on any atom is -0.348 e. The first-order valence-corrected chi connectivity index (χ1v) is 6.07. The highest BCUT2D eigenvalue weighted by Gasteiger charge is 2.27. The Morgan fingerprint density at radius 2 is 2.38 bits per heavy atom. The maximum atomic E-state index is 4.05. The summed E-state index contributed by atoms with van der Waals surface area (Å²) in [5.41, 5.74) is 1.22. The van der Waals surface area contributed by atoms with Gasteiger partial charge in [0.15, 0.2) is 0 Å². The molecule has 2 heterocycles. The van der Waals surface area contributed by atoms with Crippen LogP contribution >= 0.6 is 0 Å². The molecule has 0 bridgehead atoms. The zero-order valence-corrected chi connectivity index (χ0v) is 10.4. The Kier molecular flexibility index (Phi) is 3.61. The first-order chi connectivity index (χ1) is 7.66. The van der Waals surface area contributed by atoms with E-state index in [2.05, 4.69) is 41.1 Å². The molecule has 2 atom stereocenters. The number of piperazine rings is 1. The average molecular weight is 222 g/mol. The number of hydrogen-bond donors (Lipinski definition) is 2. The maximum Gasteiger partial charge on any atom is 0.0921 e. The number of nitrogens with zero attached hydrogens (tertiary/aromatic N) is 2. The lowest BCUT2D eigenvalue weighted by molar-refractivity contribution is 0.127. The number of hydrogen-bond acceptors (Lipinski definition) is 3. The molecule has 16 heavy (non-hydrogen) atoms. The van der Waals surface area contributed by atoms with Gasteiger partial charge in [-0.15, -0.1) is 0 Å². The van der Waals surface area contributed by atoms with Gasteiger partial charge in [-0.2, -0.15) is 0 Å². The largest absolute Gasteiger partial charge is 0.348 e. The SMILES string of the molecule is CC(C)[C@H]1CN[C@@H](Cc2cnc[nH]2)CN1C. The number of likely N-dealkylation sites (N-methyl/N-ethyl adjacent to an activating group) is 1. The minimum absolute atomic E-state index is 0.542. The van der Waals surface area contributed by atoms with Crippen molar-refractivity contribution < 1.29 is 0 Å². The molecule has 0 unspecified atom stereocenters. The van der Waals surface area contributed by atoms with Gasteiger partial charge in [0.05, 0.1) is 6.33 Å². The summed E-state index contributed by atoms with van der Waals surface area (Å²) in [5, 5.41) is 3.63. The van der Waals surface area contributed by atoms with Crippen molar-refractivity contribution in [2.75, 3.05) is 20.1 Å². The molecular weight excluding hydrogens is 200 g/mol.